The van der Waals surface area contributed by atoms with Crippen molar-refractivity contribution < 1.29 is 8.42 Å². The predicted molar refractivity (Wildman–Crippen MR) is 91.9 cm³/mol. The summed E-state index contributed by atoms with van der Waals surface area (Å²) in [7, 11) is -1.75. The molecule has 2 rings (SSSR count). The SMILES string of the molecule is CNCc1ccc(S(=O)(=O)Nc2ccc(Br)cc2Br)cc1. The van der Waals surface area contributed by atoms with E-state index in [4.69, 9.17) is 0 Å². The van der Waals surface area contributed by atoms with Gasteiger partial charge in [-0.1, -0.05) is 28.1 Å². The van der Waals surface area contributed by atoms with Crippen molar-refractivity contribution in [1.82, 2.24) is 5.32 Å². The number of nitrogens with one attached hydrogen (secondary N) is 2. The summed E-state index contributed by atoms with van der Waals surface area (Å²) in [5.41, 5.74) is 1.53. The molecule has 0 heterocycles. The molecule has 0 radical (unpaired) electrons. The molecule has 2 aromatic rings. The molecular formula is C14H14Br2N2O2S. The minimum Gasteiger partial charge on any atom is -0.316 e. The Morgan fingerprint density at radius 1 is 1.05 bits per heavy atom. The summed E-state index contributed by atoms with van der Waals surface area (Å²) in [5, 5.41) is 3.02. The summed E-state index contributed by atoms with van der Waals surface area (Å²) in [6, 6.07) is 12.0. The van der Waals surface area contributed by atoms with Gasteiger partial charge in [0, 0.05) is 15.5 Å². The summed E-state index contributed by atoms with van der Waals surface area (Å²) in [5.74, 6) is 0. The Bertz CT molecular complexity index is 731. The van der Waals surface area contributed by atoms with E-state index in [0.717, 1.165) is 10.0 Å². The minimum absolute atomic E-state index is 0.233. The van der Waals surface area contributed by atoms with Gasteiger partial charge in [-0.2, -0.15) is 0 Å². The molecule has 0 unspecified atom stereocenters. The molecule has 0 aliphatic rings. The van der Waals surface area contributed by atoms with Crippen LogP contribution in [0.15, 0.2) is 56.3 Å². The molecule has 0 amide bonds. The molecule has 0 bridgehead atoms. The van der Waals surface area contributed by atoms with Crippen LogP contribution in [0.4, 0.5) is 5.69 Å². The number of hydrogen-bond acceptors (Lipinski definition) is 3. The molecule has 4 nitrogen and oxygen atoms in total. The van der Waals surface area contributed by atoms with Gasteiger partial charge in [0.25, 0.3) is 10.0 Å². The van der Waals surface area contributed by atoms with E-state index < -0.39 is 10.0 Å². The van der Waals surface area contributed by atoms with E-state index in [9.17, 15) is 8.42 Å². The molecule has 0 aliphatic heterocycles. The fourth-order valence-corrected chi connectivity index (χ4v) is 4.12. The average molecular weight is 434 g/mol. The van der Waals surface area contributed by atoms with E-state index in [-0.39, 0.29) is 4.90 Å². The van der Waals surface area contributed by atoms with Crippen LogP contribution in [0.2, 0.25) is 0 Å². The Labute approximate surface area is 141 Å². The van der Waals surface area contributed by atoms with Crippen molar-refractivity contribution in [1.29, 1.82) is 0 Å². The Morgan fingerprint density at radius 3 is 2.29 bits per heavy atom. The van der Waals surface area contributed by atoms with Crippen LogP contribution in [-0.2, 0) is 16.6 Å². The lowest BCUT2D eigenvalue weighted by Gasteiger charge is -2.10. The van der Waals surface area contributed by atoms with Crippen LogP contribution >= 0.6 is 31.9 Å². The maximum absolute atomic E-state index is 12.3. The average Bonchev–Trinajstić information content (AvgIpc) is 2.43. The summed E-state index contributed by atoms with van der Waals surface area (Å²) >= 11 is 6.67. The van der Waals surface area contributed by atoms with E-state index in [1.54, 1.807) is 42.5 Å². The van der Waals surface area contributed by atoms with Gasteiger partial charge < -0.3 is 5.32 Å². The third kappa shape index (κ3) is 4.29. The number of anilines is 1. The molecule has 0 spiro atoms. The Kier molecular flexibility index (Phi) is 5.43. The number of hydrogen-bond donors (Lipinski definition) is 2. The molecule has 0 fully saturated rings. The molecule has 0 saturated heterocycles. The van der Waals surface area contributed by atoms with E-state index in [2.05, 4.69) is 41.9 Å². The molecule has 2 aromatic carbocycles. The molecular weight excluding hydrogens is 420 g/mol. The zero-order valence-electron chi connectivity index (χ0n) is 11.2. The van der Waals surface area contributed by atoms with Crippen molar-refractivity contribution in [3.63, 3.8) is 0 Å². The quantitative estimate of drug-likeness (QED) is 0.755. The van der Waals surface area contributed by atoms with Gasteiger partial charge in [-0.25, -0.2) is 8.42 Å². The second-order valence-corrected chi connectivity index (χ2v) is 7.86. The van der Waals surface area contributed by atoms with Gasteiger partial charge >= 0.3 is 0 Å². The fourth-order valence-electron chi connectivity index (χ4n) is 1.77. The van der Waals surface area contributed by atoms with Gasteiger partial charge in [-0.15, -0.1) is 0 Å². The first kappa shape index (κ1) is 16.5. The molecule has 0 atom stereocenters. The molecule has 0 saturated carbocycles. The molecule has 0 aliphatic carbocycles. The van der Waals surface area contributed by atoms with Crippen LogP contribution in [0.3, 0.4) is 0 Å². The summed E-state index contributed by atoms with van der Waals surface area (Å²) in [4.78, 5) is 0.233. The zero-order chi connectivity index (χ0) is 15.5. The normalized spacial score (nSPS) is 11.4. The van der Waals surface area contributed by atoms with Gasteiger partial charge in [-0.05, 0) is 58.9 Å². The van der Waals surface area contributed by atoms with Gasteiger partial charge in [0.15, 0.2) is 0 Å². The van der Waals surface area contributed by atoms with E-state index in [1.165, 1.54) is 0 Å². The number of sulfonamides is 1. The monoisotopic (exact) mass is 432 g/mol. The van der Waals surface area contributed by atoms with Crippen LogP contribution in [0.5, 0.6) is 0 Å². The van der Waals surface area contributed by atoms with Crippen LogP contribution in [0, 0.1) is 0 Å². The first-order valence-corrected chi connectivity index (χ1v) is 9.21. The Morgan fingerprint density at radius 2 is 1.71 bits per heavy atom. The second-order valence-electron chi connectivity index (χ2n) is 4.40. The molecule has 2 N–H and O–H groups in total. The van der Waals surface area contributed by atoms with Crippen LogP contribution in [-0.4, -0.2) is 15.5 Å². The Hall–Kier alpha value is -0.890. The first-order chi connectivity index (χ1) is 9.92. The number of halogens is 2. The second kappa shape index (κ2) is 6.91. The highest BCUT2D eigenvalue weighted by Crippen LogP contribution is 2.28. The zero-order valence-corrected chi connectivity index (χ0v) is 15.2. The lowest BCUT2D eigenvalue weighted by Crippen LogP contribution is -2.13. The standard InChI is InChI=1S/C14H14Br2N2O2S/c1-17-9-10-2-5-12(6-3-10)21(19,20)18-14-7-4-11(15)8-13(14)16/h2-8,17-18H,9H2,1H3. The van der Waals surface area contributed by atoms with Crippen LogP contribution in [0.1, 0.15) is 5.56 Å². The first-order valence-electron chi connectivity index (χ1n) is 6.14. The van der Waals surface area contributed by atoms with Gasteiger partial charge in [0.05, 0.1) is 10.6 Å². The van der Waals surface area contributed by atoms with Crippen molar-refractivity contribution in [3.8, 4) is 0 Å². The molecule has 112 valence electrons. The Balaban J connectivity index is 2.25. The maximum Gasteiger partial charge on any atom is 0.261 e. The number of rotatable bonds is 5. The smallest absolute Gasteiger partial charge is 0.261 e. The van der Waals surface area contributed by atoms with Gasteiger partial charge in [0.1, 0.15) is 0 Å². The molecule has 0 aromatic heterocycles. The van der Waals surface area contributed by atoms with Crippen molar-refractivity contribution in [2.75, 3.05) is 11.8 Å². The maximum atomic E-state index is 12.3. The number of benzene rings is 2. The van der Waals surface area contributed by atoms with Crippen molar-refractivity contribution in [2.24, 2.45) is 0 Å². The summed E-state index contributed by atoms with van der Waals surface area (Å²) in [6.45, 7) is 0.700. The highest BCUT2D eigenvalue weighted by atomic mass is 79.9. The van der Waals surface area contributed by atoms with Crippen molar-refractivity contribution in [2.45, 2.75) is 11.4 Å². The largest absolute Gasteiger partial charge is 0.316 e. The van der Waals surface area contributed by atoms with E-state index in [1.807, 2.05) is 7.05 Å². The van der Waals surface area contributed by atoms with Gasteiger partial charge in [-0.3, -0.25) is 4.72 Å². The summed E-state index contributed by atoms with van der Waals surface area (Å²) in [6.07, 6.45) is 0. The lowest BCUT2D eigenvalue weighted by atomic mass is 10.2. The topological polar surface area (TPSA) is 58.2 Å². The molecule has 7 heteroatoms. The van der Waals surface area contributed by atoms with Gasteiger partial charge in [0.2, 0.25) is 0 Å². The lowest BCUT2D eigenvalue weighted by molar-refractivity contribution is 0.601. The van der Waals surface area contributed by atoms with E-state index in [0.29, 0.717) is 16.7 Å². The molecule has 21 heavy (non-hydrogen) atoms. The van der Waals surface area contributed by atoms with Crippen molar-refractivity contribution in [3.05, 3.63) is 57.0 Å². The predicted octanol–water partition coefficient (Wildman–Crippen LogP) is 3.73. The van der Waals surface area contributed by atoms with Crippen LogP contribution in [0.25, 0.3) is 0 Å². The third-order valence-corrected chi connectivity index (χ3v) is 5.32. The summed E-state index contributed by atoms with van der Waals surface area (Å²) < 4.78 is 28.8. The fraction of sp³-hybridized carbons (Fsp3) is 0.143. The highest BCUT2D eigenvalue weighted by molar-refractivity contribution is 9.11. The van der Waals surface area contributed by atoms with E-state index >= 15 is 0 Å². The highest BCUT2D eigenvalue weighted by Gasteiger charge is 2.15. The third-order valence-electron chi connectivity index (χ3n) is 2.79. The van der Waals surface area contributed by atoms with Crippen LogP contribution < -0.4 is 10.0 Å². The minimum atomic E-state index is -3.60. The van der Waals surface area contributed by atoms with Crippen molar-refractivity contribution >= 4 is 47.6 Å².